The van der Waals surface area contributed by atoms with Crippen molar-refractivity contribution in [2.45, 2.75) is 13.0 Å². The zero-order valence-corrected chi connectivity index (χ0v) is 11.8. The summed E-state index contributed by atoms with van der Waals surface area (Å²) >= 11 is 5.84. The number of hydrogen-bond donors (Lipinski definition) is 1. The maximum Gasteiger partial charge on any atom is 0.119 e. The zero-order chi connectivity index (χ0) is 13.7. The lowest BCUT2D eigenvalue weighted by molar-refractivity contribution is 0.273. The maximum atomic E-state index is 5.84. The second kappa shape index (κ2) is 6.55. The molecule has 3 nitrogen and oxygen atoms in total. The van der Waals surface area contributed by atoms with E-state index in [0.717, 1.165) is 16.9 Å². The van der Waals surface area contributed by atoms with Crippen molar-refractivity contribution in [1.29, 1.82) is 0 Å². The molecule has 0 radical (unpaired) electrons. The summed E-state index contributed by atoms with van der Waals surface area (Å²) in [6.07, 6.45) is 3.70. The Balaban J connectivity index is 2.01. The smallest absolute Gasteiger partial charge is 0.119 e. The van der Waals surface area contributed by atoms with E-state index in [1.54, 1.807) is 0 Å². The van der Waals surface area contributed by atoms with Crippen molar-refractivity contribution >= 4 is 11.6 Å². The standard InChI is InChI=1S/C15H17ClN2O/c1-11-7-12(9-18-8-11)15(17-2)10-19-14-5-3-13(16)4-6-14/h3-9,15,17H,10H2,1-2H3. The van der Waals surface area contributed by atoms with Crippen molar-refractivity contribution in [3.05, 3.63) is 58.9 Å². The second-order valence-electron chi connectivity index (χ2n) is 4.40. The largest absolute Gasteiger partial charge is 0.492 e. The van der Waals surface area contributed by atoms with Gasteiger partial charge >= 0.3 is 0 Å². The Morgan fingerprint density at radius 1 is 1.26 bits per heavy atom. The van der Waals surface area contributed by atoms with Crippen LogP contribution in [0.5, 0.6) is 5.75 Å². The third-order valence-corrected chi connectivity index (χ3v) is 3.13. The Bertz CT molecular complexity index is 528. The van der Waals surface area contributed by atoms with Gasteiger partial charge in [-0.3, -0.25) is 4.98 Å². The molecule has 0 bridgehead atoms. The van der Waals surface area contributed by atoms with E-state index in [0.29, 0.717) is 11.6 Å². The van der Waals surface area contributed by atoms with E-state index >= 15 is 0 Å². The Hall–Kier alpha value is -1.58. The molecule has 1 atom stereocenters. The van der Waals surface area contributed by atoms with Crippen LogP contribution >= 0.6 is 11.6 Å². The van der Waals surface area contributed by atoms with Crippen LogP contribution in [0.15, 0.2) is 42.7 Å². The molecule has 2 aromatic rings. The minimum absolute atomic E-state index is 0.114. The predicted octanol–water partition coefficient (Wildman–Crippen LogP) is 3.38. The van der Waals surface area contributed by atoms with Gasteiger partial charge in [0.05, 0.1) is 6.04 Å². The number of pyridine rings is 1. The molecule has 1 heterocycles. The van der Waals surface area contributed by atoms with Crippen LogP contribution < -0.4 is 10.1 Å². The number of ether oxygens (including phenoxy) is 1. The molecule has 1 unspecified atom stereocenters. The van der Waals surface area contributed by atoms with Crippen molar-refractivity contribution in [3.63, 3.8) is 0 Å². The average Bonchev–Trinajstić information content (AvgIpc) is 2.42. The van der Waals surface area contributed by atoms with Crippen LogP contribution in [-0.2, 0) is 0 Å². The number of aryl methyl sites for hydroxylation is 1. The van der Waals surface area contributed by atoms with Crippen LogP contribution in [0.3, 0.4) is 0 Å². The summed E-state index contributed by atoms with van der Waals surface area (Å²) in [7, 11) is 1.91. The fourth-order valence-corrected chi connectivity index (χ4v) is 1.95. The number of nitrogens with zero attached hydrogens (tertiary/aromatic N) is 1. The van der Waals surface area contributed by atoms with Gasteiger partial charge in [0.1, 0.15) is 12.4 Å². The van der Waals surface area contributed by atoms with Gasteiger partial charge in [0.15, 0.2) is 0 Å². The monoisotopic (exact) mass is 276 g/mol. The fourth-order valence-electron chi connectivity index (χ4n) is 1.83. The molecule has 1 aromatic heterocycles. The summed E-state index contributed by atoms with van der Waals surface area (Å²) in [6, 6.07) is 9.59. The summed E-state index contributed by atoms with van der Waals surface area (Å²) in [5, 5.41) is 3.94. The van der Waals surface area contributed by atoms with Crippen LogP contribution in [-0.4, -0.2) is 18.6 Å². The normalized spacial score (nSPS) is 12.2. The molecule has 0 aliphatic heterocycles. The van der Waals surface area contributed by atoms with Crippen LogP contribution in [0.2, 0.25) is 5.02 Å². The zero-order valence-electron chi connectivity index (χ0n) is 11.1. The lowest BCUT2D eigenvalue weighted by Crippen LogP contribution is -2.23. The maximum absolute atomic E-state index is 5.84. The molecular formula is C15H17ClN2O. The van der Waals surface area contributed by atoms with Gasteiger partial charge in [0, 0.05) is 17.4 Å². The first-order valence-electron chi connectivity index (χ1n) is 6.16. The van der Waals surface area contributed by atoms with Crippen molar-refractivity contribution < 1.29 is 4.74 Å². The van der Waals surface area contributed by atoms with Gasteiger partial charge < -0.3 is 10.1 Å². The highest BCUT2D eigenvalue weighted by atomic mass is 35.5. The van der Waals surface area contributed by atoms with Gasteiger partial charge in [-0.25, -0.2) is 0 Å². The first-order valence-corrected chi connectivity index (χ1v) is 6.54. The molecule has 1 N–H and O–H groups in total. The highest BCUT2D eigenvalue weighted by Gasteiger charge is 2.10. The van der Waals surface area contributed by atoms with E-state index in [1.807, 2.05) is 50.6 Å². The lowest BCUT2D eigenvalue weighted by Gasteiger charge is -2.17. The molecule has 0 fully saturated rings. The molecule has 4 heteroatoms. The van der Waals surface area contributed by atoms with Crippen molar-refractivity contribution in [2.24, 2.45) is 0 Å². The van der Waals surface area contributed by atoms with Crippen molar-refractivity contribution in [2.75, 3.05) is 13.7 Å². The van der Waals surface area contributed by atoms with E-state index in [2.05, 4.69) is 16.4 Å². The quantitative estimate of drug-likeness (QED) is 0.909. The highest BCUT2D eigenvalue weighted by molar-refractivity contribution is 6.30. The summed E-state index contributed by atoms with van der Waals surface area (Å²) in [6.45, 7) is 2.58. The number of halogens is 1. The van der Waals surface area contributed by atoms with Gasteiger partial charge in [0.2, 0.25) is 0 Å². The van der Waals surface area contributed by atoms with E-state index < -0.39 is 0 Å². The summed E-state index contributed by atoms with van der Waals surface area (Å²) < 4.78 is 5.76. The molecule has 0 aliphatic carbocycles. The minimum atomic E-state index is 0.114. The number of aromatic nitrogens is 1. The van der Waals surface area contributed by atoms with E-state index in [4.69, 9.17) is 16.3 Å². The topological polar surface area (TPSA) is 34.1 Å². The van der Waals surface area contributed by atoms with Gasteiger partial charge in [-0.1, -0.05) is 17.7 Å². The number of nitrogens with one attached hydrogen (secondary N) is 1. The molecular weight excluding hydrogens is 260 g/mol. The van der Waals surface area contributed by atoms with Crippen LogP contribution in [0.25, 0.3) is 0 Å². The minimum Gasteiger partial charge on any atom is -0.492 e. The molecule has 0 aliphatic rings. The summed E-state index contributed by atoms with van der Waals surface area (Å²) in [5.74, 6) is 0.810. The SMILES string of the molecule is CNC(COc1ccc(Cl)cc1)c1cncc(C)c1. The molecule has 100 valence electrons. The Morgan fingerprint density at radius 2 is 2.00 bits per heavy atom. The fraction of sp³-hybridized carbons (Fsp3) is 0.267. The summed E-state index contributed by atoms with van der Waals surface area (Å²) in [4.78, 5) is 4.21. The van der Waals surface area contributed by atoms with E-state index in [1.165, 1.54) is 0 Å². The summed E-state index contributed by atoms with van der Waals surface area (Å²) in [5.41, 5.74) is 2.26. The molecule has 1 aromatic carbocycles. The molecule has 0 spiro atoms. The number of rotatable bonds is 5. The number of likely N-dealkylation sites (N-methyl/N-ethyl adjacent to an activating group) is 1. The first-order chi connectivity index (χ1) is 9.19. The predicted molar refractivity (Wildman–Crippen MR) is 77.7 cm³/mol. The van der Waals surface area contributed by atoms with Gasteiger partial charge in [-0.2, -0.15) is 0 Å². The highest BCUT2D eigenvalue weighted by Crippen LogP contribution is 2.18. The van der Waals surface area contributed by atoms with Crippen LogP contribution in [0.1, 0.15) is 17.2 Å². The first kappa shape index (κ1) is 13.8. The lowest BCUT2D eigenvalue weighted by atomic mass is 10.1. The molecule has 2 rings (SSSR count). The molecule has 19 heavy (non-hydrogen) atoms. The number of benzene rings is 1. The van der Waals surface area contributed by atoms with Gasteiger partial charge in [0.25, 0.3) is 0 Å². The Morgan fingerprint density at radius 3 is 2.63 bits per heavy atom. The second-order valence-corrected chi connectivity index (χ2v) is 4.84. The van der Waals surface area contributed by atoms with E-state index in [-0.39, 0.29) is 6.04 Å². The number of hydrogen-bond acceptors (Lipinski definition) is 3. The van der Waals surface area contributed by atoms with Crippen molar-refractivity contribution in [1.82, 2.24) is 10.3 Å². The van der Waals surface area contributed by atoms with Crippen molar-refractivity contribution in [3.8, 4) is 5.75 Å². The van der Waals surface area contributed by atoms with E-state index in [9.17, 15) is 0 Å². The average molecular weight is 277 g/mol. The Labute approximate surface area is 118 Å². The van der Waals surface area contributed by atoms with Crippen LogP contribution in [0, 0.1) is 6.92 Å². The molecule has 0 saturated heterocycles. The van der Waals surface area contributed by atoms with Crippen LogP contribution in [0.4, 0.5) is 0 Å². The van der Waals surface area contributed by atoms with Gasteiger partial charge in [-0.15, -0.1) is 0 Å². The third-order valence-electron chi connectivity index (χ3n) is 2.88. The van der Waals surface area contributed by atoms with Gasteiger partial charge in [-0.05, 0) is 49.4 Å². The molecule has 0 saturated carbocycles. The Kier molecular flexibility index (Phi) is 4.77. The third kappa shape index (κ3) is 3.94. The molecule has 0 amide bonds.